The summed E-state index contributed by atoms with van der Waals surface area (Å²) in [5.41, 5.74) is 15.4. The molecule has 2 saturated carbocycles. The van der Waals surface area contributed by atoms with E-state index in [4.69, 9.17) is 5.73 Å². The fourth-order valence-corrected chi connectivity index (χ4v) is 5.46. The smallest absolute Gasteiger partial charge is 0.153 e. The third-order valence-corrected chi connectivity index (χ3v) is 6.97. The third-order valence-electron chi connectivity index (χ3n) is 6.97. The van der Waals surface area contributed by atoms with Gasteiger partial charge in [-0.25, -0.2) is 9.98 Å². The molecule has 1 heterocycles. The van der Waals surface area contributed by atoms with E-state index >= 15 is 0 Å². The van der Waals surface area contributed by atoms with Crippen LogP contribution in [0.1, 0.15) is 61.6 Å². The molecule has 3 aliphatic rings. The number of aromatic nitrogens is 1. The zero-order chi connectivity index (χ0) is 20.7. The van der Waals surface area contributed by atoms with Crippen molar-refractivity contribution in [2.45, 2.75) is 58.0 Å². The van der Waals surface area contributed by atoms with Crippen molar-refractivity contribution in [3.8, 4) is 0 Å². The van der Waals surface area contributed by atoms with Crippen molar-refractivity contribution in [3.05, 3.63) is 70.4 Å². The number of nitrogens with two attached hydrogens (primary N) is 1. The van der Waals surface area contributed by atoms with E-state index in [1.165, 1.54) is 47.0 Å². The van der Waals surface area contributed by atoms with E-state index in [-0.39, 0.29) is 11.5 Å². The molecule has 0 aliphatic heterocycles. The lowest BCUT2D eigenvalue weighted by Gasteiger charge is -2.38. The third kappa shape index (κ3) is 3.39. The Bertz CT molecular complexity index is 1050. The molecule has 0 bridgehead atoms. The van der Waals surface area contributed by atoms with Crippen LogP contribution in [-0.4, -0.2) is 22.5 Å². The summed E-state index contributed by atoms with van der Waals surface area (Å²) in [6.07, 6.45) is 10.5. The summed E-state index contributed by atoms with van der Waals surface area (Å²) in [4.78, 5) is 8.62. The number of rotatable bonds is 3. The topological polar surface area (TPSA) is 71.5 Å². The van der Waals surface area contributed by atoms with Crippen LogP contribution in [0.4, 0.5) is 5.82 Å². The number of hydrogen-bond acceptors (Lipinski definition) is 3. The van der Waals surface area contributed by atoms with Crippen molar-refractivity contribution < 1.29 is 5.11 Å². The van der Waals surface area contributed by atoms with Gasteiger partial charge in [0.1, 0.15) is 0 Å². The second-order valence-electron chi connectivity index (χ2n) is 9.07. The van der Waals surface area contributed by atoms with Crippen LogP contribution >= 0.6 is 0 Å². The molecule has 154 valence electrons. The summed E-state index contributed by atoms with van der Waals surface area (Å²) < 4.78 is 0. The van der Waals surface area contributed by atoms with Crippen LogP contribution in [-0.2, 0) is 0 Å². The van der Waals surface area contributed by atoms with Gasteiger partial charge < -0.3 is 10.8 Å². The second kappa shape index (κ2) is 7.51. The first-order valence-electron chi connectivity index (χ1n) is 11.0. The average molecular weight is 400 g/mol. The number of aryl methyl sites for hydroxylation is 1. The first kappa shape index (κ1) is 19.3. The highest BCUT2D eigenvalue weighted by Gasteiger charge is 2.48. The van der Waals surface area contributed by atoms with Gasteiger partial charge in [0.05, 0.1) is 12.4 Å². The number of benzene rings is 1. The van der Waals surface area contributed by atoms with E-state index in [9.17, 15) is 5.11 Å². The lowest BCUT2D eigenvalue weighted by molar-refractivity contribution is 0.0847. The summed E-state index contributed by atoms with van der Waals surface area (Å²) in [7, 11) is 0. The standard InChI is InChI=1S/C26H29N3O/c1-17-3-2-4-19(13-17)24-22(20-7-8-23(28-15-20)29-16-27)14-26(25(24)18-5-6-18)11-9-21(30)10-12-26/h2-4,7-8,13,15-16,21,30H,5-6,9-12,14H2,1H3,(H2,27,28,29). The number of pyridine rings is 1. The number of nitrogens with zero attached hydrogens (tertiary/aromatic N) is 2. The van der Waals surface area contributed by atoms with Crippen LogP contribution < -0.4 is 5.73 Å². The molecule has 1 aromatic carbocycles. The van der Waals surface area contributed by atoms with Crippen LogP contribution in [0.15, 0.2) is 58.7 Å². The van der Waals surface area contributed by atoms with E-state index in [0.717, 1.165) is 32.1 Å². The van der Waals surface area contributed by atoms with Gasteiger partial charge >= 0.3 is 0 Å². The largest absolute Gasteiger partial charge is 0.393 e. The highest BCUT2D eigenvalue weighted by atomic mass is 16.3. The SMILES string of the molecule is Cc1cccc(C2=C(c3ccc(N=CN)nc3)CC3(CCC(O)CC3)C2=C2CC2)c1. The highest BCUT2D eigenvalue weighted by Crippen LogP contribution is 2.63. The van der Waals surface area contributed by atoms with Crippen LogP contribution in [0.3, 0.4) is 0 Å². The van der Waals surface area contributed by atoms with Crippen molar-refractivity contribution in [2.75, 3.05) is 0 Å². The van der Waals surface area contributed by atoms with Crippen LogP contribution in [0.2, 0.25) is 0 Å². The van der Waals surface area contributed by atoms with E-state index in [1.54, 1.807) is 11.1 Å². The Labute approximate surface area is 178 Å². The van der Waals surface area contributed by atoms with Gasteiger partial charge in [0.2, 0.25) is 0 Å². The lowest BCUT2D eigenvalue weighted by atomic mass is 9.67. The maximum atomic E-state index is 10.2. The molecule has 4 heteroatoms. The average Bonchev–Trinajstić information content (AvgIpc) is 3.53. The van der Waals surface area contributed by atoms with Gasteiger partial charge in [-0.15, -0.1) is 0 Å². The number of aliphatic imine (C=N–C) groups is 1. The first-order chi connectivity index (χ1) is 14.6. The molecule has 0 radical (unpaired) electrons. The molecule has 30 heavy (non-hydrogen) atoms. The summed E-state index contributed by atoms with van der Waals surface area (Å²) in [6, 6.07) is 13.0. The molecule has 0 amide bonds. The second-order valence-corrected chi connectivity index (χ2v) is 9.07. The van der Waals surface area contributed by atoms with Crippen molar-refractivity contribution in [1.29, 1.82) is 0 Å². The zero-order valence-electron chi connectivity index (χ0n) is 17.6. The minimum Gasteiger partial charge on any atom is -0.393 e. The van der Waals surface area contributed by atoms with Crippen LogP contribution in [0.25, 0.3) is 11.1 Å². The minimum atomic E-state index is -0.150. The monoisotopic (exact) mass is 399 g/mol. The number of allylic oxidation sites excluding steroid dienone is 4. The van der Waals surface area contributed by atoms with E-state index in [1.807, 2.05) is 12.3 Å². The van der Waals surface area contributed by atoms with E-state index in [0.29, 0.717) is 5.82 Å². The summed E-state index contributed by atoms with van der Waals surface area (Å²) in [5, 5.41) is 10.2. The summed E-state index contributed by atoms with van der Waals surface area (Å²) in [6.45, 7) is 2.16. The van der Waals surface area contributed by atoms with Gasteiger partial charge in [-0.2, -0.15) is 0 Å². The normalized spacial score (nSPS) is 26.3. The molecule has 0 saturated heterocycles. The summed E-state index contributed by atoms with van der Waals surface area (Å²) in [5.74, 6) is 0.633. The quantitative estimate of drug-likeness (QED) is 0.541. The van der Waals surface area contributed by atoms with Gasteiger partial charge in [0.15, 0.2) is 5.82 Å². The predicted molar refractivity (Wildman–Crippen MR) is 122 cm³/mol. The fourth-order valence-electron chi connectivity index (χ4n) is 5.46. The summed E-state index contributed by atoms with van der Waals surface area (Å²) >= 11 is 0. The maximum absolute atomic E-state index is 10.2. The zero-order valence-corrected chi connectivity index (χ0v) is 17.6. The number of aliphatic hydroxyl groups excluding tert-OH is 1. The molecule has 4 nitrogen and oxygen atoms in total. The molecule has 2 aromatic rings. The molecular weight excluding hydrogens is 370 g/mol. The Morgan fingerprint density at radius 3 is 2.57 bits per heavy atom. The molecule has 0 unspecified atom stereocenters. The Morgan fingerprint density at radius 2 is 1.93 bits per heavy atom. The molecule has 1 aromatic heterocycles. The van der Waals surface area contributed by atoms with Gasteiger partial charge in [0.25, 0.3) is 0 Å². The van der Waals surface area contributed by atoms with Crippen molar-refractivity contribution in [3.63, 3.8) is 0 Å². The van der Waals surface area contributed by atoms with Crippen molar-refractivity contribution in [1.82, 2.24) is 4.98 Å². The Morgan fingerprint density at radius 1 is 1.13 bits per heavy atom. The molecule has 1 spiro atoms. The number of hydrogen-bond donors (Lipinski definition) is 2. The molecule has 3 N–H and O–H groups in total. The Hall–Kier alpha value is -2.72. The van der Waals surface area contributed by atoms with Crippen LogP contribution in [0, 0.1) is 12.3 Å². The molecular formula is C26H29N3O. The molecule has 2 fully saturated rings. The predicted octanol–water partition coefficient (Wildman–Crippen LogP) is 5.33. The molecule has 3 aliphatic carbocycles. The van der Waals surface area contributed by atoms with Crippen LogP contribution in [0.5, 0.6) is 0 Å². The van der Waals surface area contributed by atoms with Gasteiger partial charge in [-0.05, 0) is 91.8 Å². The Kier molecular flexibility index (Phi) is 4.82. The Balaban J connectivity index is 1.68. The van der Waals surface area contributed by atoms with Crippen molar-refractivity contribution in [2.24, 2.45) is 16.1 Å². The van der Waals surface area contributed by atoms with E-state index < -0.39 is 0 Å². The van der Waals surface area contributed by atoms with Crippen molar-refractivity contribution >= 4 is 23.3 Å². The molecule has 5 rings (SSSR count). The molecule has 0 atom stereocenters. The first-order valence-corrected chi connectivity index (χ1v) is 11.0. The maximum Gasteiger partial charge on any atom is 0.153 e. The number of aliphatic hydroxyl groups is 1. The highest BCUT2D eigenvalue weighted by molar-refractivity contribution is 6.03. The van der Waals surface area contributed by atoms with Gasteiger partial charge in [-0.1, -0.05) is 35.4 Å². The van der Waals surface area contributed by atoms with E-state index in [2.05, 4.69) is 47.2 Å². The minimum absolute atomic E-state index is 0.150. The fraction of sp³-hybridized carbons (Fsp3) is 0.385. The lowest BCUT2D eigenvalue weighted by Crippen LogP contribution is -2.29. The van der Waals surface area contributed by atoms with Gasteiger partial charge in [0, 0.05) is 11.6 Å². The van der Waals surface area contributed by atoms with Gasteiger partial charge in [-0.3, -0.25) is 0 Å².